The van der Waals surface area contributed by atoms with Crippen LogP contribution in [0, 0.1) is 6.92 Å². The van der Waals surface area contributed by atoms with Crippen LogP contribution in [-0.2, 0) is 6.42 Å². The van der Waals surface area contributed by atoms with Gasteiger partial charge in [-0.15, -0.1) is 0 Å². The molecule has 0 aromatic carbocycles. The van der Waals surface area contributed by atoms with E-state index in [4.69, 9.17) is 10.9 Å². The number of nitrogens with one attached hydrogen (secondary N) is 2. The highest BCUT2D eigenvalue weighted by atomic mass is 16.2. The van der Waals surface area contributed by atoms with Crippen LogP contribution >= 0.6 is 0 Å². The van der Waals surface area contributed by atoms with E-state index >= 15 is 0 Å². The van der Waals surface area contributed by atoms with E-state index in [1.54, 1.807) is 0 Å². The van der Waals surface area contributed by atoms with Crippen molar-refractivity contribution in [2.75, 3.05) is 23.9 Å². The maximum atomic E-state index is 8.72. The first kappa shape index (κ1) is 16.7. The van der Waals surface area contributed by atoms with Gasteiger partial charge in [0.25, 0.3) is 0 Å². The molecule has 0 saturated heterocycles. The van der Waals surface area contributed by atoms with E-state index in [-0.39, 0.29) is 6.61 Å². The molecule has 0 spiro atoms. The molecule has 0 fully saturated rings. The van der Waals surface area contributed by atoms with Crippen molar-refractivity contribution >= 4 is 11.6 Å². The molecule has 6 heteroatoms. The average Bonchev–Trinajstić information content (AvgIpc) is 2.45. The number of hydrogen-bond acceptors (Lipinski definition) is 6. The summed E-state index contributed by atoms with van der Waals surface area (Å²) < 4.78 is 0. The topological polar surface area (TPSA) is 96.1 Å². The molecule has 0 amide bonds. The lowest BCUT2D eigenvalue weighted by molar-refractivity contribution is 0.283. The number of anilines is 2. The van der Waals surface area contributed by atoms with Gasteiger partial charge in [-0.3, -0.25) is 0 Å². The van der Waals surface area contributed by atoms with Crippen LogP contribution in [0.1, 0.15) is 50.4 Å². The van der Waals surface area contributed by atoms with Crippen LogP contribution in [0.3, 0.4) is 0 Å². The molecule has 0 bridgehead atoms. The first-order valence-electron chi connectivity index (χ1n) is 7.41. The molecule has 0 aliphatic rings. The summed E-state index contributed by atoms with van der Waals surface area (Å²) in [6.45, 7) is 5.22. The molecule has 0 atom stereocenters. The molecule has 1 aromatic rings. The van der Waals surface area contributed by atoms with Crippen molar-refractivity contribution in [3.8, 4) is 0 Å². The first-order valence-corrected chi connectivity index (χ1v) is 7.41. The van der Waals surface area contributed by atoms with Crippen LogP contribution in [0.4, 0.5) is 11.6 Å². The Morgan fingerprint density at radius 3 is 2.45 bits per heavy atom. The molecule has 1 rings (SSSR count). The number of hydrogen-bond donors (Lipinski definition) is 4. The van der Waals surface area contributed by atoms with Crippen molar-refractivity contribution in [1.82, 2.24) is 9.97 Å². The van der Waals surface area contributed by atoms with E-state index in [2.05, 4.69) is 27.6 Å². The minimum absolute atomic E-state index is 0.282. The van der Waals surface area contributed by atoms with Gasteiger partial charge in [0.05, 0.1) is 0 Å². The quantitative estimate of drug-likeness (QED) is 0.297. The largest absolute Gasteiger partial charge is 0.396 e. The summed E-state index contributed by atoms with van der Waals surface area (Å²) in [7, 11) is 0. The molecule has 0 aliphatic heterocycles. The number of rotatable bonds is 10. The Labute approximate surface area is 121 Å². The first-order chi connectivity index (χ1) is 9.72. The lowest BCUT2D eigenvalue weighted by Crippen LogP contribution is -2.15. The number of nitrogen functional groups attached to an aromatic ring is 1. The van der Waals surface area contributed by atoms with Crippen molar-refractivity contribution < 1.29 is 5.11 Å². The highest BCUT2D eigenvalue weighted by molar-refractivity contribution is 5.56. The normalized spacial score (nSPS) is 10.6. The van der Waals surface area contributed by atoms with E-state index in [9.17, 15) is 0 Å². The van der Waals surface area contributed by atoms with Crippen LogP contribution < -0.4 is 16.6 Å². The van der Waals surface area contributed by atoms with Crippen molar-refractivity contribution in [3.05, 3.63) is 11.4 Å². The highest BCUT2D eigenvalue weighted by Gasteiger charge is 2.09. The fraction of sp³-hybridized carbons (Fsp3) is 0.714. The molecular formula is C14H27N5O. The Kier molecular flexibility index (Phi) is 7.91. The van der Waals surface area contributed by atoms with Crippen molar-refractivity contribution in [2.24, 2.45) is 5.84 Å². The summed E-state index contributed by atoms with van der Waals surface area (Å²) >= 11 is 0. The summed E-state index contributed by atoms with van der Waals surface area (Å²) in [4.78, 5) is 8.94. The number of aliphatic hydroxyl groups is 1. The van der Waals surface area contributed by atoms with E-state index in [0.717, 1.165) is 62.3 Å². The molecule has 5 N–H and O–H groups in total. The Balaban J connectivity index is 2.56. The molecule has 0 radical (unpaired) electrons. The summed E-state index contributed by atoms with van der Waals surface area (Å²) in [5, 5.41) is 12.1. The molecule has 0 unspecified atom stereocenters. The van der Waals surface area contributed by atoms with Crippen LogP contribution in [0.5, 0.6) is 0 Å². The van der Waals surface area contributed by atoms with Crippen LogP contribution in [0.25, 0.3) is 0 Å². The number of nitrogens with two attached hydrogens (primary N) is 1. The third-order valence-electron chi connectivity index (χ3n) is 3.18. The highest BCUT2D eigenvalue weighted by Crippen LogP contribution is 2.19. The molecule has 1 aromatic heterocycles. The molecule has 0 aliphatic carbocycles. The SMILES string of the molecule is CCCc1nc(NN)c(C)c(NCCCCCCO)n1. The minimum atomic E-state index is 0.282. The standard InChI is InChI=1S/C14H27N5O/c1-3-8-12-17-13(11(2)14(18-12)19-15)16-9-6-4-5-7-10-20/h20H,3-10,15H2,1-2H3,(H2,16,17,18,19). The number of aryl methyl sites for hydroxylation is 1. The van der Waals surface area contributed by atoms with E-state index < -0.39 is 0 Å². The smallest absolute Gasteiger partial charge is 0.148 e. The zero-order valence-electron chi connectivity index (χ0n) is 12.6. The van der Waals surface area contributed by atoms with E-state index in [0.29, 0.717) is 5.82 Å². The zero-order chi connectivity index (χ0) is 14.8. The number of aliphatic hydroxyl groups excluding tert-OH is 1. The number of unbranched alkanes of at least 4 members (excludes halogenated alkanes) is 3. The Morgan fingerprint density at radius 2 is 1.80 bits per heavy atom. The molecule has 0 saturated carbocycles. The number of hydrazine groups is 1. The molecule has 20 heavy (non-hydrogen) atoms. The van der Waals surface area contributed by atoms with Gasteiger partial charge in [-0.05, 0) is 26.2 Å². The van der Waals surface area contributed by atoms with Crippen LogP contribution in [0.15, 0.2) is 0 Å². The summed E-state index contributed by atoms with van der Waals surface area (Å²) in [6, 6.07) is 0. The third-order valence-corrected chi connectivity index (χ3v) is 3.18. The monoisotopic (exact) mass is 281 g/mol. The van der Waals surface area contributed by atoms with Crippen LogP contribution in [0.2, 0.25) is 0 Å². The Bertz CT molecular complexity index is 397. The van der Waals surface area contributed by atoms with Gasteiger partial charge in [0.2, 0.25) is 0 Å². The van der Waals surface area contributed by atoms with Crippen LogP contribution in [-0.4, -0.2) is 28.2 Å². The van der Waals surface area contributed by atoms with E-state index in [1.165, 1.54) is 0 Å². The zero-order valence-corrected chi connectivity index (χ0v) is 12.6. The van der Waals surface area contributed by atoms with Gasteiger partial charge in [-0.1, -0.05) is 19.8 Å². The van der Waals surface area contributed by atoms with Gasteiger partial charge >= 0.3 is 0 Å². The molecule has 6 nitrogen and oxygen atoms in total. The molecular weight excluding hydrogens is 254 g/mol. The third kappa shape index (κ3) is 5.30. The predicted molar refractivity (Wildman–Crippen MR) is 82.6 cm³/mol. The maximum absolute atomic E-state index is 8.72. The lowest BCUT2D eigenvalue weighted by Gasteiger charge is -2.13. The minimum Gasteiger partial charge on any atom is -0.396 e. The maximum Gasteiger partial charge on any atom is 0.148 e. The summed E-state index contributed by atoms with van der Waals surface area (Å²) in [5.41, 5.74) is 3.58. The van der Waals surface area contributed by atoms with E-state index in [1.807, 2.05) is 6.92 Å². The second-order valence-electron chi connectivity index (χ2n) is 4.92. The molecule has 1 heterocycles. The lowest BCUT2D eigenvalue weighted by atomic mass is 10.2. The van der Waals surface area contributed by atoms with Crippen molar-refractivity contribution in [1.29, 1.82) is 0 Å². The Hall–Kier alpha value is -1.40. The number of nitrogens with zero attached hydrogens (tertiary/aromatic N) is 2. The fourth-order valence-electron chi connectivity index (χ4n) is 2.01. The van der Waals surface area contributed by atoms with Crippen molar-refractivity contribution in [2.45, 2.75) is 52.4 Å². The van der Waals surface area contributed by atoms with Gasteiger partial charge in [0.1, 0.15) is 17.5 Å². The molecule has 114 valence electrons. The second-order valence-corrected chi connectivity index (χ2v) is 4.92. The second kappa shape index (κ2) is 9.50. The van der Waals surface area contributed by atoms with Crippen molar-refractivity contribution in [3.63, 3.8) is 0 Å². The van der Waals surface area contributed by atoms with Gasteiger partial charge in [0.15, 0.2) is 0 Å². The number of aromatic nitrogens is 2. The fourth-order valence-corrected chi connectivity index (χ4v) is 2.01. The summed E-state index contributed by atoms with van der Waals surface area (Å²) in [6.07, 6.45) is 5.99. The average molecular weight is 281 g/mol. The van der Waals surface area contributed by atoms with Gasteiger partial charge in [-0.25, -0.2) is 15.8 Å². The van der Waals surface area contributed by atoms with Gasteiger partial charge in [0, 0.05) is 25.1 Å². The summed E-state index contributed by atoms with van der Waals surface area (Å²) in [5.74, 6) is 7.86. The predicted octanol–water partition coefficient (Wildman–Crippen LogP) is 1.99. The van der Waals surface area contributed by atoms with Gasteiger partial charge < -0.3 is 15.8 Å². The van der Waals surface area contributed by atoms with Gasteiger partial charge in [-0.2, -0.15) is 0 Å². The Morgan fingerprint density at radius 1 is 1.10 bits per heavy atom.